The van der Waals surface area contributed by atoms with Gasteiger partial charge in [-0.1, -0.05) is 23.7 Å². The summed E-state index contributed by atoms with van der Waals surface area (Å²) < 4.78 is 0. The van der Waals surface area contributed by atoms with E-state index in [1.807, 2.05) is 43.3 Å². The van der Waals surface area contributed by atoms with Crippen LogP contribution in [0.4, 0.5) is 11.4 Å². The molecule has 1 fully saturated rings. The third-order valence-corrected chi connectivity index (χ3v) is 5.35. The minimum Gasteiger partial charge on any atom is -0.377 e. The maximum atomic E-state index is 13.2. The molecule has 0 unspecified atom stereocenters. The predicted octanol–water partition coefficient (Wildman–Crippen LogP) is 3.66. The lowest BCUT2D eigenvalue weighted by Crippen LogP contribution is -2.35. The average Bonchev–Trinajstić information content (AvgIpc) is 2.94. The number of hydrogen-bond donors (Lipinski definition) is 0. The summed E-state index contributed by atoms with van der Waals surface area (Å²) in [7, 11) is 3.66. The molecule has 2 aromatic carbocycles. The maximum Gasteiger partial charge on any atom is 0.270 e. The van der Waals surface area contributed by atoms with Crippen molar-refractivity contribution in [3.8, 4) is 0 Å². The van der Waals surface area contributed by atoms with Crippen LogP contribution in [0.25, 0.3) is 0 Å². The number of nitro benzene ring substituents is 1. The summed E-state index contributed by atoms with van der Waals surface area (Å²) in [4.78, 5) is 29.8. The summed E-state index contributed by atoms with van der Waals surface area (Å²) in [6, 6.07) is 12.3. The van der Waals surface area contributed by atoms with E-state index in [2.05, 4.69) is 4.90 Å². The zero-order valence-corrected chi connectivity index (χ0v) is 17.4. The van der Waals surface area contributed by atoms with Gasteiger partial charge >= 0.3 is 0 Å². The van der Waals surface area contributed by atoms with E-state index in [1.54, 1.807) is 11.0 Å². The number of nitrogens with zero attached hydrogens (tertiary/aromatic N) is 4. The molecule has 0 atom stereocenters. The van der Waals surface area contributed by atoms with Crippen LogP contribution in [-0.2, 0) is 6.54 Å². The van der Waals surface area contributed by atoms with Crippen LogP contribution in [0, 0.1) is 10.1 Å². The van der Waals surface area contributed by atoms with Gasteiger partial charge in [-0.3, -0.25) is 19.8 Å². The van der Waals surface area contributed by atoms with E-state index < -0.39 is 4.92 Å². The molecule has 2 aromatic rings. The van der Waals surface area contributed by atoms with Gasteiger partial charge in [0, 0.05) is 69.7 Å². The van der Waals surface area contributed by atoms with Gasteiger partial charge in [0.2, 0.25) is 0 Å². The highest BCUT2D eigenvalue weighted by molar-refractivity contribution is 6.30. The van der Waals surface area contributed by atoms with Crippen LogP contribution >= 0.6 is 11.6 Å². The first-order valence-electron chi connectivity index (χ1n) is 9.57. The number of rotatable bonds is 5. The molecule has 0 aromatic heterocycles. The van der Waals surface area contributed by atoms with Crippen molar-refractivity contribution < 1.29 is 9.72 Å². The van der Waals surface area contributed by atoms with Crippen LogP contribution < -0.4 is 4.90 Å². The van der Waals surface area contributed by atoms with Gasteiger partial charge in [0.1, 0.15) is 0 Å². The fourth-order valence-electron chi connectivity index (χ4n) is 3.55. The molecule has 0 saturated carbocycles. The molecule has 1 aliphatic heterocycles. The third kappa shape index (κ3) is 5.25. The van der Waals surface area contributed by atoms with Crippen molar-refractivity contribution in [3.63, 3.8) is 0 Å². The molecule has 1 amide bonds. The Morgan fingerprint density at radius 1 is 1.10 bits per heavy atom. The first-order valence-corrected chi connectivity index (χ1v) is 9.95. The van der Waals surface area contributed by atoms with Crippen LogP contribution in [0.1, 0.15) is 22.3 Å². The number of non-ortho nitro benzene ring substituents is 1. The molecule has 0 bridgehead atoms. The highest BCUT2D eigenvalue weighted by Crippen LogP contribution is 2.26. The van der Waals surface area contributed by atoms with Crippen molar-refractivity contribution in [3.05, 3.63) is 68.7 Å². The Balaban J connectivity index is 1.73. The quantitative estimate of drug-likeness (QED) is 0.549. The molecule has 1 aliphatic rings. The summed E-state index contributed by atoms with van der Waals surface area (Å²) in [6.07, 6.45) is 0.853. The van der Waals surface area contributed by atoms with Crippen molar-refractivity contribution in [2.45, 2.75) is 13.0 Å². The third-order valence-electron chi connectivity index (χ3n) is 5.10. The van der Waals surface area contributed by atoms with Gasteiger partial charge < -0.3 is 9.80 Å². The average molecular weight is 417 g/mol. The van der Waals surface area contributed by atoms with E-state index in [-0.39, 0.29) is 11.6 Å². The smallest absolute Gasteiger partial charge is 0.270 e. The molecular weight excluding hydrogens is 392 g/mol. The molecule has 0 N–H and O–H groups in total. The van der Waals surface area contributed by atoms with E-state index in [9.17, 15) is 14.9 Å². The molecule has 0 spiro atoms. The molecule has 0 aliphatic carbocycles. The highest BCUT2D eigenvalue weighted by atomic mass is 35.5. The monoisotopic (exact) mass is 416 g/mol. The van der Waals surface area contributed by atoms with Gasteiger partial charge in [-0.15, -0.1) is 0 Å². The Bertz CT molecular complexity index is 886. The normalized spacial score (nSPS) is 15.1. The van der Waals surface area contributed by atoms with Crippen LogP contribution in [0.3, 0.4) is 0 Å². The summed E-state index contributed by atoms with van der Waals surface area (Å²) in [6.45, 7) is 3.66. The number of anilines is 1. The van der Waals surface area contributed by atoms with Crippen molar-refractivity contribution in [2.75, 3.05) is 45.2 Å². The lowest BCUT2D eigenvalue weighted by atomic mass is 10.1. The van der Waals surface area contributed by atoms with E-state index >= 15 is 0 Å². The minimum atomic E-state index is -0.466. The Morgan fingerprint density at radius 2 is 1.83 bits per heavy atom. The molecule has 1 heterocycles. The largest absolute Gasteiger partial charge is 0.377 e. The lowest BCUT2D eigenvalue weighted by molar-refractivity contribution is -0.384. The maximum absolute atomic E-state index is 13.2. The first kappa shape index (κ1) is 21.1. The zero-order valence-electron chi connectivity index (χ0n) is 16.7. The number of carbonyl (C=O) groups is 1. The minimum absolute atomic E-state index is 0.0712. The van der Waals surface area contributed by atoms with Crippen molar-refractivity contribution in [2.24, 2.45) is 0 Å². The molecule has 3 rings (SSSR count). The van der Waals surface area contributed by atoms with E-state index in [0.717, 1.165) is 31.1 Å². The van der Waals surface area contributed by atoms with Crippen molar-refractivity contribution in [1.82, 2.24) is 9.80 Å². The molecule has 29 heavy (non-hydrogen) atoms. The molecule has 1 saturated heterocycles. The van der Waals surface area contributed by atoms with Crippen LogP contribution in [0.2, 0.25) is 5.02 Å². The predicted molar refractivity (Wildman–Crippen MR) is 115 cm³/mol. The summed E-state index contributed by atoms with van der Waals surface area (Å²) >= 11 is 5.95. The second-order valence-electron chi connectivity index (χ2n) is 7.40. The Labute approximate surface area is 175 Å². The number of carbonyl (C=O) groups excluding carboxylic acids is 1. The fourth-order valence-corrected chi connectivity index (χ4v) is 3.68. The number of halogens is 1. The Morgan fingerprint density at radius 3 is 2.48 bits per heavy atom. The topological polar surface area (TPSA) is 69.9 Å². The van der Waals surface area contributed by atoms with Crippen LogP contribution in [0.5, 0.6) is 0 Å². The van der Waals surface area contributed by atoms with Gasteiger partial charge in [0.15, 0.2) is 0 Å². The Hall–Kier alpha value is -2.64. The highest BCUT2D eigenvalue weighted by Gasteiger charge is 2.25. The second kappa shape index (κ2) is 9.24. The van der Waals surface area contributed by atoms with E-state index in [4.69, 9.17) is 11.6 Å². The van der Waals surface area contributed by atoms with Crippen molar-refractivity contribution in [1.29, 1.82) is 0 Å². The Kier molecular flexibility index (Phi) is 6.71. The van der Waals surface area contributed by atoms with Gasteiger partial charge in [-0.2, -0.15) is 0 Å². The van der Waals surface area contributed by atoms with E-state index in [1.165, 1.54) is 17.7 Å². The molecule has 0 radical (unpaired) electrons. The zero-order chi connectivity index (χ0) is 21.0. The van der Waals surface area contributed by atoms with Crippen LogP contribution in [0.15, 0.2) is 42.5 Å². The van der Waals surface area contributed by atoms with Gasteiger partial charge in [0.05, 0.1) is 10.5 Å². The SMILES string of the molecule is CN(C)c1ccc([N+](=O)[O-])cc1C(=O)N1CCCN(Cc2ccc(Cl)cc2)CC1. The summed E-state index contributed by atoms with van der Waals surface area (Å²) in [5, 5.41) is 11.9. The van der Waals surface area contributed by atoms with Gasteiger partial charge in [-0.05, 0) is 30.2 Å². The van der Waals surface area contributed by atoms with E-state index in [0.29, 0.717) is 24.3 Å². The molecule has 154 valence electrons. The van der Waals surface area contributed by atoms with Crippen LogP contribution in [-0.4, -0.2) is 60.9 Å². The number of nitro groups is 1. The number of amides is 1. The molecule has 7 nitrogen and oxygen atoms in total. The summed E-state index contributed by atoms with van der Waals surface area (Å²) in [5.41, 5.74) is 2.17. The standard InChI is InChI=1S/C21H25ClN4O3/c1-23(2)20-9-8-18(26(28)29)14-19(20)21(27)25-11-3-10-24(12-13-25)15-16-4-6-17(22)7-5-16/h4-9,14H,3,10-13,15H2,1-2H3. The van der Waals surface area contributed by atoms with Gasteiger partial charge in [0.25, 0.3) is 11.6 Å². The molecular formula is C21H25ClN4O3. The van der Waals surface area contributed by atoms with Gasteiger partial charge in [-0.25, -0.2) is 0 Å². The molecule has 8 heteroatoms. The first-order chi connectivity index (χ1) is 13.8. The number of benzene rings is 2. The lowest BCUT2D eigenvalue weighted by Gasteiger charge is -2.24. The van der Waals surface area contributed by atoms with Crippen molar-refractivity contribution >= 4 is 28.9 Å². The number of hydrogen-bond acceptors (Lipinski definition) is 5. The fraction of sp³-hybridized carbons (Fsp3) is 0.381. The second-order valence-corrected chi connectivity index (χ2v) is 7.84. The summed E-state index contributed by atoms with van der Waals surface area (Å²) in [5.74, 6) is -0.161.